The van der Waals surface area contributed by atoms with Crippen molar-refractivity contribution in [2.75, 3.05) is 13.2 Å². The lowest BCUT2D eigenvalue weighted by Gasteiger charge is -2.16. The quantitative estimate of drug-likeness (QED) is 0.554. The van der Waals surface area contributed by atoms with Crippen LogP contribution < -0.4 is 14.8 Å². The van der Waals surface area contributed by atoms with Gasteiger partial charge in [0.2, 0.25) is 0 Å². The third-order valence-electron chi connectivity index (χ3n) is 3.34. The van der Waals surface area contributed by atoms with E-state index in [4.69, 9.17) is 37.8 Å². The summed E-state index contributed by atoms with van der Waals surface area (Å²) in [6.07, 6.45) is 0. The maximum absolute atomic E-state index is 10.6. The largest absolute Gasteiger partial charge is 0.490 e. The van der Waals surface area contributed by atoms with Gasteiger partial charge >= 0.3 is 5.97 Å². The summed E-state index contributed by atoms with van der Waals surface area (Å²) >= 11 is 15.4. The molecule has 0 amide bonds. The van der Waals surface area contributed by atoms with Gasteiger partial charge in [-0.25, -0.2) is 0 Å². The van der Waals surface area contributed by atoms with Crippen LogP contribution >= 0.6 is 39.1 Å². The zero-order chi connectivity index (χ0) is 19.1. The standard InChI is InChI=1S/C18H18BrCl2NO4/c1-2-25-16-7-12(8-22-9-17(23)24)5-13(19)18(16)26-10-11-3-4-14(20)15(21)6-11/h3-7,22H,2,8-10H2,1H3,(H,23,24). The molecule has 26 heavy (non-hydrogen) atoms. The Balaban J connectivity index is 2.15. The summed E-state index contributed by atoms with van der Waals surface area (Å²) in [5.74, 6) is 0.240. The van der Waals surface area contributed by atoms with Gasteiger partial charge in [-0.3, -0.25) is 4.79 Å². The Hall–Kier alpha value is -1.47. The summed E-state index contributed by atoms with van der Waals surface area (Å²) < 4.78 is 12.3. The van der Waals surface area contributed by atoms with E-state index >= 15 is 0 Å². The normalized spacial score (nSPS) is 10.6. The lowest BCUT2D eigenvalue weighted by atomic mass is 10.2. The molecule has 0 aliphatic carbocycles. The summed E-state index contributed by atoms with van der Waals surface area (Å²) in [5, 5.41) is 12.5. The molecule has 2 aromatic carbocycles. The van der Waals surface area contributed by atoms with E-state index in [0.717, 1.165) is 15.6 Å². The third kappa shape index (κ3) is 6.06. The van der Waals surface area contributed by atoms with E-state index < -0.39 is 5.97 Å². The second kappa shape index (κ2) is 10.0. The number of rotatable bonds is 9. The van der Waals surface area contributed by atoms with Crippen molar-refractivity contribution in [1.29, 1.82) is 0 Å². The van der Waals surface area contributed by atoms with Gasteiger partial charge in [0.05, 0.1) is 27.7 Å². The molecule has 2 N–H and O–H groups in total. The summed E-state index contributed by atoms with van der Waals surface area (Å²) in [6.45, 7) is 2.94. The molecule has 0 aliphatic heterocycles. The van der Waals surface area contributed by atoms with E-state index in [-0.39, 0.29) is 6.54 Å². The summed E-state index contributed by atoms with van der Waals surface area (Å²) in [4.78, 5) is 10.6. The van der Waals surface area contributed by atoms with E-state index in [2.05, 4.69) is 21.2 Å². The number of hydrogen-bond donors (Lipinski definition) is 2. The van der Waals surface area contributed by atoms with Gasteiger partial charge in [-0.05, 0) is 58.2 Å². The van der Waals surface area contributed by atoms with Crippen LogP contribution in [0.25, 0.3) is 0 Å². The Bertz CT molecular complexity index is 786. The highest BCUT2D eigenvalue weighted by Crippen LogP contribution is 2.37. The maximum Gasteiger partial charge on any atom is 0.317 e. The van der Waals surface area contributed by atoms with Crippen LogP contribution in [0.1, 0.15) is 18.1 Å². The smallest absolute Gasteiger partial charge is 0.317 e. The minimum Gasteiger partial charge on any atom is -0.490 e. The molecule has 0 atom stereocenters. The zero-order valence-corrected chi connectivity index (χ0v) is 17.1. The van der Waals surface area contributed by atoms with Crippen molar-refractivity contribution in [3.63, 3.8) is 0 Å². The molecular weight excluding hydrogens is 445 g/mol. The number of ether oxygens (including phenoxy) is 2. The van der Waals surface area contributed by atoms with Crippen LogP contribution in [0.2, 0.25) is 10.0 Å². The first-order chi connectivity index (χ1) is 12.4. The van der Waals surface area contributed by atoms with Gasteiger partial charge in [-0.1, -0.05) is 29.3 Å². The van der Waals surface area contributed by atoms with Gasteiger partial charge in [0.15, 0.2) is 11.5 Å². The predicted octanol–water partition coefficient (Wildman–Crippen LogP) is 4.91. The second-order valence-electron chi connectivity index (χ2n) is 5.37. The highest BCUT2D eigenvalue weighted by molar-refractivity contribution is 9.10. The van der Waals surface area contributed by atoms with Crippen molar-refractivity contribution < 1.29 is 19.4 Å². The molecule has 2 rings (SSSR count). The van der Waals surface area contributed by atoms with Gasteiger partial charge in [-0.2, -0.15) is 0 Å². The Morgan fingerprint density at radius 3 is 2.58 bits per heavy atom. The van der Waals surface area contributed by atoms with Gasteiger partial charge in [0.25, 0.3) is 0 Å². The molecule has 0 heterocycles. The van der Waals surface area contributed by atoms with Gasteiger partial charge in [0.1, 0.15) is 6.61 Å². The molecule has 0 fully saturated rings. The van der Waals surface area contributed by atoms with Crippen molar-refractivity contribution in [3.05, 3.63) is 56.0 Å². The summed E-state index contributed by atoms with van der Waals surface area (Å²) in [6, 6.07) is 9.00. The molecule has 0 unspecified atom stereocenters. The molecule has 0 aromatic heterocycles. The number of benzene rings is 2. The molecule has 0 radical (unpaired) electrons. The topological polar surface area (TPSA) is 67.8 Å². The van der Waals surface area contributed by atoms with E-state index in [1.165, 1.54) is 0 Å². The first-order valence-electron chi connectivity index (χ1n) is 7.85. The van der Waals surface area contributed by atoms with Crippen LogP contribution in [0, 0.1) is 0 Å². The van der Waals surface area contributed by atoms with Crippen molar-refractivity contribution in [3.8, 4) is 11.5 Å². The summed E-state index contributed by atoms with van der Waals surface area (Å²) in [7, 11) is 0. The molecule has 0 saturated heterocycles. The molecule has 140 valence electrons. The molecule has 0 saturated carbocycles. The van der Waals surface area contributed by atoms with E-state index in [9.17, 15) is 4.79 Å². The first-order valence-corrected chi connectivity index (χ1v) is 9.40. The number of carboxylic acid groups (broad SMARTS) is 1. The Kier molecular flexibility index (Phi) is 8.03. The van der Waals surface area contributed by atoms with Crippen LogP contribution in [0.4, 0.5) is 0 Å². The van der Waals surface area contributed by atoms with Crippen LogP contribution in [0.3, 0.4) is 0 Å². The molecule has 5 nitrogen and oxygen atoms in total. The average molecular weight is 463 g/mol. The molecule has 0 aliphatic rings. The Morgan fingerprint density at radius 2 is 1.92 bits per heavy atom. The minimum absolute atomic E-state index is 0.114. The minimum atomic E-state index is -0.907. The lowest BCUT2D eigenvalue weighted by Crippen LogP contribution is -2.21. The van der Waals surface area contributed by atoms with Gasteiger partial charge < -0.3 is 19.9 Å². The number of aliphatic carboxylic acids is 1. The fourth-order valence-electron chi connectivity index (χ4n) is 2.23. The second-order valence-corrected chi connectivity index (χ2v) is 7.04. The Labute approximate surface area is 170 Å². The van der Waals surface area contributed by atoms with Crippen molar-refractivity contribution in [1.82, 2.24) is 5.32 Å². The number of carbonyl (C=O) groups is 1. The van der Waals surface area contributed by atoms with Crippen molar-refractivity contribution >= 4 is 45.1 Å². The summed E-state index contributed by atoms with van der Waals surface area (Å²) in [5.41, 5.74) is 1.75. The SMILES string of the molecule is CCOc1cc(CNCC(=O)O)cc(Br)c1OCc1ccc(Cl)c(Cl)c1. The molecule has 8 heteroatoms. The monoisotopic (exact) mass is 461 g/mol. The van der Waals surface area contributed by atoms with Crippen LogP contribution in [-0.4, -0.2) is 24.2 Å². The number of halogens is 3. The van der Waals surface area contributed by atoms with Crippen LogP contribution in [-0.2, 0) is 17.9 Å². The number of carboxylic acids is 1. The predicted molar refractivity (Wildman–Crippen MR) is 105 cm³/mol. The van der Waals surface area contributed by atoms with Crippen molar-refractivity contribution in [2.24, 2.45) is 0 Å². The highest BCUT2D eigenvalue weighted by atomic mass is 79.9. The molecule has 0 spiro atoms. The molecular formula is C18H18BrCl2NO4. The zero-order valence-electron chi connectivity index (χ0n) is 14.0. The average Bonchev–Trinajstić information content (AvgIpc) is 2.57. The highest BCUT2D eigenvalue weighted by Gasteiger charge is 2.13. The molecule has 2 aromatic rings. The fraction of sp³-hybridized carbons (Fsp3) is 0.278. The number of hydrogen-bond acceptors (Lipinski definition) is 4. The Morgan fingerprint density at radius 1 is 1.15 bits per heavy atom. The van der Waals surface area contributed by atoms with Crippen LogP contribution in [0.5, 0.6) is 11.5 Å². The van der Waals surface area contributed by atoms with Gasteiger partial charge in [-0.15, -0.1) is 0 Å². The van der Waals surface area contributed by atoms with E-state index in [0.29, 0.717) is 41.3 Å². The third-order valence-corrected chi connectivity index (χ3v) is 4.67. The van der Waals surface area contributed by atoms with Gasteiger partial charge in [0, 0.05) is 6.54 Å². The van der Waals surface area contributed by atoms with E-state index in [1.54, 1.807) is 12.1 Å². The maximum atomic E-state index is 10.6. The van der Waals surface area contributed by atoms with Crippen molar-refractivity contribution in [2.45, 2.75) is 20.1 Å². The fourth-order valence-corrected chi connectivity index (χ4v) is 3.15. The van der Waals surface area contributed by atoms with Crippen LogP contribution in [0.15, 0.2) is 34.8 Å². The number of nitrogens with one attached hydrogen (secondary N) is 1. The van der Waals surface area contributed by atoms with E-state index in [1.807, 2.05) is 25.1 Å². The molecule has 0 bridgehead atoms. The lowest BCUT2D eigenvalue weighted by molar-refractivity contribution is -0.135. The first kappa shape index (κ1) is 20.8.